The Balaban J connectivity index is 2.19. The van der Waals surface area contributed by atoms with Crippen LogP contribution in [0.4, 0.5) is 0 Å². The third-order valence-electron chi connectivity index (χ3n) is 2.18. The number of hydrogen-bond donors (Lipinski definition) is 0. The van der Waals surface area contributed by atoms with Gasteiger partial charge in [-0.3, -0.25) is 0 Å². The summed E-state index contributed by atoms with van der Waals surface area (Å²) in [5.74, 6) is -0.347. The van der Waals surface area contributed by atoms with E-state index in [0.717, 1.165) is 19.4 Å². The Morgan fingerprint density at radius 2 is 1.88 bits per heavy atom. The van der Waals surface area contributed by atoms with Crippen molar-refractivity contribution in [3.8, 4) is 0 Å². The summed E-state index contributed by atoms with van der Waals surface area (Å²) in [7, 11) is 0. The molecule has 4 heteroatoms. The number of unbranched alkanes of at least 4 members (excludes halogenated alkanes) is 1. The number of esters is 1. The molecule has 0 unspecified atom stereocenters. The number of halogens is 1. The summed E-state index contributed by atoms with van der Waals surface area (Å²) in [5.41, 5.74) is 0.503. The van der Waals surface area contributed by atoms with Crippen LogP contribution in [0.25, 0.3) is 0 Å². The molecule has 0 aliphatic heterocycles. The van der Waals surface area contributed by atoms with E-state index in [1.807, 2.05) is 0 Å². The monoisotopic (exact) mass is 256 g/mol. The van der Waals surface area contributed by atoms with Crippen LogP contribution in [0, 0.1) is 0 Å². The average molecular weight is 257 g/mol. The van der Waals surface area contributed by atoms with Crippen LogP contribution >= 0.6 is 11.6 Å². The van der Waals surface area contributed by atoms with Gasteiger partial charge in [-0.15, -0.1) is 0 Å². The Morgan fingerprint density at radius 1 is 1.18 bits per heavy atom. The summed E-state index contributed by atoms with van der Waals surface area (Å²) in [6, 6.07) is 6.61. The number of hydrogen-bond acceptors (Lipinski definition) is 3. The van der Waals surface area contributed by atoms with Crippen LogP contribution in [0.5, 0.6) is 0 Å². The zero-order valence-corrected chi connectivity index (χ0v) is 10.7. The second kappa shape index (κ2) is 8.09. The quantitative estimate of drug-likeness (QED) is 0.555. The smallest absolute Gasteiger partial charge is 0.338 e. The molecule has 17 heavy (non-hydrogen) atoms. The molecule has 0 saturated carbocycles. The Labute approximate surface area is 107 Å². The first-order chi connectivity index (χ1) is 8.24. The highest BCUT2D eigenvalue weighted by Crippen LogP contribution is 2.10. The van der Waals surface area contributed by atoms with Crippen molar-refractivity contribution in [2.24, 2.45) is 0 Å². The van der Waals surface area contributed by atoms with Gasteiger partial charge in [0, 0.05) is 11.6 Å². The van der Waals surface area contributed by atoms with Gasteiger partial charge in [-0.25, -0.2) is 4.79 Å². The van der Waals surface area contributed by atoms with Crippen LogP contribution in [0.1, 0.15) is 30.1 Å². The number of carbonyl (C=O) groups is 1. The first-order valence-electron chi connectivity index (χ1n) is 5.74. The van der Waals surface area contributed by atoms with Crippen molar-refractivity contribution in [2.45, 2.75) is 19.8 Å². The van der Waals surface area contributed by atoms with E-state index in [2.05, 4.69) is 6.92 Å². The number of rotatable bonds is 7. The van der Waals surface area contributed by atoms with Gasteiger partial charge in [-0.2, -0.15) is 0 Å². The predicted octanol–water partition coefficient (Wildman–Crippen LogP) is 3.31. The summed E-state index contributed by atoms with van der Waals surface area (Å²) in [6.45, 7) is 3.55. The topological polar surface area (TPSA) is 35.5 Å². The van der Waals surface area contributed by atoms with Gasteiger partial charge in [-0.05, 0) is 30.7 Å². The molecule has 0 spiro atoms. The molecule has 0 amide bonds. The average Bonchev–Trinajstić information content (AvgIpc) is 2.34. The van der Waals surface area contributed by atoms with Gasteiger partial charge < -0.3 is 9.47 Å². The third kappa shape index (κ3) is 5.71. The molecule has 0 fully saturated rings. The predicted molar refractivity (Wildman–Crippen MR) is 67.5 cm³/mol. The highest BCUT2D eigenvalue weighted by Gasteiger charge is 2.05. The number of benzene rings is 1. The van der Waals surface area contributed by atoms with Gasteiger partial charge in [-0.1, -0.05) is 24.9 Å². The molecule has 0 N–H and O–H groups in total. The van der Waals surface area contributed by atoms with Crippen LogP contribution in [0.15, 0.2) is 24.3 Å². The molecule has 0 heterocycles. The molecular formula is C13H17ClO3. The van der Waals surface area contributed by atoms with Crippen molar-refractivity contribution in [2.75, 3.05) is 19.8 Å². The zero-order valence-electron chi connectivity index (χ0n) is 9.95. The molecule has 0 bridgehead atoms. The SMILES string of the molecule is CCCCOCCOC(=O)c1ccc(Cl)cc1. The maximum Gasteiger partial charge on any atom is 0.338 e. The Bertz CT molecular complexity index is 335. The van der Waals surface area contributed by atoms with Crippen molar-refractivity contribution < 1.29 is 14.3 Å². The van der Waals surface area contributed by atoms with Crippen molar-refractivity contribution in [1.82, 2.24) is 0 Å². The Hall–Kier alpha value is -1.06. The largest absolute Gasteiger partial charge is 0.460 e. The van der Waals surface area contributed by atoms with Crippen LogP contribution < -0.4 is 0 Å². The van der Waals surface area contributed by atoms with Crippen molar-refractivity contribution in [1.29, 1.82) is 0 Å². The van der Waals surface area contributed by atoms with Crippen LogP contribution in [0.2, 0.25) is 5.02 Å². The lowest BCUT2D eigenvalue weighted by atomic mass is 10.2. The fourth-order valence-electron chi connectivity index (χ4n) is 1.21. The molecule has 0 aliphatic carbocycles. The minimum atomic E-state index is -0.347. The van der Waals surface area contributed by atoms with Gasteiger partial charge in [0.25, 0.3) is 0 Å². The maximum atomic E-state index is 11.5. The molecule has 1 aromatic carbocycles. The van der Waals surface area contributed by atoms with Crippen LogP contribution in [0.3, 0.4) is 0 Å². The zero-order chi connectivity index (χ0) is 12.5. The lowest BCUT2D eigenvalue weighted by molar-refractivity contribution is 0.0314. The normalized spacial score (nSPS) is 10.2. The number of ether oxygens (including phenoxy) is 2. The maximum absolute atomic E-state index is 11.5. The van der Waals surface area contributed by atoms with Gasteiger partial charge in [0.1, 0.15) is 6.61 Å². The van der Waals surface area contributed by atoms with Crippen LogP contribution in [-0.2, 0) is 9.47 Å². The second-order valence-corrected chi connectivity index (χ2v) is 4.05. The fraction of sp³-hybridized carbons (Fsp3) is 0.462. The first-order valence-corrected chi connectivity index (χ1v) is 6.12. The van der Waals surface area contributed by atoms with Crippen molar-refractivity contribution >= 4 is 17.6 Å². The molecule has 0 aliphatic rings. The molecule has 1 rings (SSSR count). The van der Waals surface area contributed by atoms with E-state index < -0.39 is 0 Å². The van der Waals surface area contributed by atoms with Gasteiger partial charge in [0.15, 0.2) is 0 Å². The number of carbonyl (C=O) groups excluding carboxylic acids is 1. The molecule has 0 atom stereocenters. The highest BCUT2D eigenvalue weighted by molar-refractivity contribution is 6.30. The van der Waals surface area contributed by atoms with E-state index in [1.54, 1.807) is 24.3 Å². The summed E-state index contributed by atoms with van der Waals surface area (Å²) < 4.78 is 10.3. The van der Waals surface area contributed by atoms with Gasteiger partial charge >= 0.3 is 5.97 Å². The van der Waals surface area contributed by atoms with E-state index in [9.17, 15) is 4.79 Å². The van der Waals surface area contributed by atoms with E-state index in [0.29, 0.717) is 17.2 Å². The van der Waals surface area contributed by atoms with E-state index in [-0.39, 0.29) is 12.6 Å². The van der Waals surface area contributed by atoms with Gasteiger partial charge in [0.2, 0.25) is 0 Å². The van der Waals surface area contributed by atoms with E-state index in [4.69, 9.17) is 21.1 Å². The summed E-state index contributed by atoms with van der Waals surface area (Å²) in [6.07, 6.45) is 2.13. The highest BCUT2D eigenvalue weighted by atomic mass is 35.5. The molecule has 94 valence electrons. The summed E-state index contributed by atoms with van der Waals surface area (Å²) in [4.78, 5) is 11.5. The Morgan fingerprint density at radius 3 is 2.53 bits per heavy atom. The molecule has 0 aromatic heterocycles. The lowest BCUT2D eigenvalue weighted by Crippen LogP contribution is -2.11. The van der Waals surface area contributed by atoms with Crippen molar-refractivity contribution in [3.05, 3.63) is 34.9 Å². The minimum absolute atomic E-state index is 0.283. The lowest BCUT2D eigenvalue weighted by Gasteiger charge is -2.05. The second-order valence-electron chi connectivity index (χ2n) is 3.61. The standard InChI is InChI=1S/C13H17ClO3/c1-2-3-8-16-9-10-17-13(15)11-4-6-12(14)7-5-11/h4-7H,2-3,8-10H2,1H3. The molecule has 0 radical (unpaired) electrons. The molecule has 1 aromatic rings. The Kier molecular flexibility index (Phi) is 6.67. The third-order valence-corrected chi connectivity index (χ3v) is 2.43. The van der Waals surface area contributed by atoms with Gasteiger partial charge in [0.05, 0.1) is 12.2 Å². The van der Waals surface area contributed by atoms with Crippen LogP contribution in [-0.4, -0.2) is 25.8 Å². The molecular weight excluding hydrogens is 240 g/mol. The van der Waals surface area contributed by atoms with Crippen molar-refractivity contribution in [3.63, 3.8) is 0 Å². The van der Waals surface area contributed by atoms with E-state index in [1.165, 1.54) is 0 Å². The summed E-state index contributed by atoms with van der Waals surface area (Å²) in [5, 5.41) is 0.601. The molecule has 3 nitrogen and oxygen atoms in total. The minimum Gasteiger partial charge on any atom is -0.460 e. The first kappa shape index (κ1) is 14.0. The summed E-state index contributed by atoms with van der Waals surface area (Å²) >= 11 is 5.72. The molecule has 0 saturated heterocycles. The fourth-order valence-corrected chi connectivity index (χ4v) is 1.34. The van der Waals surface area contributed by atoms with E-state index >= 15 is 0 Å².